The van der Waals surface area contributed by atoms with Crippen molar-refractivity contribution in [1.82, 2.24) is 0 Å². The SMILES string of the molecule is C=CCOc1cc(OCCCCCCCC)ccc1C(=O)Oc1ccc(C2CCC(CCCCC)CC2)cc1. The van der Waals surface area contributed by atoms with Gasteiger partial charge in [-0.3, -0.25) is 0 Å². The highest BCUT2D eigenvalue weighted by Gasteiger charge is 2.22. The Bertz CT molecular complexity index is 973. The predicted molar refractivity (Wildman–Crippen MR) is 161 cm³/mol. The third-order valence-corrected chi connectivity index (χ3v) is 7.92. The molecule has 2 aromatic rings. The van der Waals surface area contributed by atoms with Crippen LogP contribution in [-0.2, 0) is 0 Å². The van der Waals surface area contributed by atoms with Gasteiger partial charge < -0.3 is 14.2 Å². The minimum absolute atomic E-state index is 0.302. The number of ether oxygens (including phenoxy) is 3. The number of carbonyl (C=O) groups excluding carboxylic acids is 1. The van der Waals surface area contributed by atoms with E-state index in [1.165, 1.54) is 89.0 Å². The minimum Gasteiger partial charge on any atom is -0.493 e. The fraction of sp³-hybridized carbons (Fsp3) is 0.571. The number of benzene rings is 2. The molecule has 0 bridgehead atoms. The molecule has 2 aromatic carbocycles. The molecule has 39 heavy (non-hydrogen) atoms. The van der Waals surface area contributed by atoms with Crippen LogP contribution in [0.4, 0.5) is 0 Å². The Balaban J connectivity index is 1.52. The molecule has 0 radical (unpaired) electrons. The van der Waals surface area contributed by atoms with Crippen molar-refractivity contribution in [3.05, 3.63) is 66.2 Å². The van der Waals surface area contributed by atoms with Gasteiger partial charge in [0.25, 0.3) is 0 Å². The number of rotatable bonds is 18. The summed E-state index contributed by atoms with van der Waals surface area (Å²) in [4.78, 5) is 13.1. The molecule has 214 valence electrons. The van der Waals surface area contributed by atoms with E-state index in [1.807, 2.05) is 18.2 Å². The number of hydrogen-bond acceptors (Lipinski definition) is 4. The van der Waals surface area contributed by atoms with Gasteiger partial charge in [0.05, 0.1) is 6.61 Å². The molecule has 0 amide bonds. The molecule has 0 aromatic heterocycles. The molecule has 0 N–H and O–H groups in total. The fourth-order valence-electron chi connectivity index (χ4n) is 5.54. The average molecular weight is 535 g/mol. The van der Waals surface area contributed by atoms with Crippen LogP contribution in [-0.4, -0.2) is 19.2 Å². The molecule has 4 nitrogen and oxygen atoms in total. The van der Waals surface area contributed by atoms with Crippen molar-refractivity contribution in [2.45, 2.75) is 110 Å². The van der Waals surface area contributed by atoms with Crippen molar-refractivity contribution in [2.75, 3.05) is 13.2 Å². The van der Waals surface area contributed by atoms with Gasteiger partial charge in [-0.15, -0.1) is 0 Å². The fourth-order valence-corrected chi connectivity index (χ4v) is 5.54. The maximum atomic E-state index is 13.1. The first-order valence-corrected chi connectivity index (χ1v) is 15.5. The Hall–Kier alpha value is -2.75. The maximum absolute atomic E-state index is 13.1. The van der Waals surface area contributed by atoms with Crippen LogP contribution in [0, 0.1) is 5.92 Å². The van der Waals surface area contributed by atoms with Crippen LogP contribution < -0.4 is 14.2 Å². The standard InChI is InChI=1S/C35H50O4/c1-4-7-9-10-11-13-26-37-32-23-24-33(34(27-32)38-25-6-3)35(36)39-31-21-19-30(20-22-31)29-17-15-28(16-18-29)14-12-8-5-2/h6,19-24,27-29H,3-5,7-18,25-26H2,1-2H3. The summed E-state index contributed by atoms with van der Waals surface area (Å²) in [6.45, 7) is 9.19. The van der Waals surface area contributed by atoms with Crippen molar-refractivity contribution in [3.8, 4) is 17.2 Å². The molecule has 1 aliphatic carbocycles. The lowest BCUT2D eigenvalue weighted by atomic mass is 9.77. The van der Waals surface area contributed by atoms with E-state index in [0.717, 1.165) is 12.3 Å². The van der Waals surface area contributed by atoms with E-state index in [2.05, 4.69) is 32.6 Å². The van der Waals surface area contributed by atoms with Gasteiger partial charge in [-0.1, -0.05) is 96.4 Å². The second kappa shape index (κ2) is 17.8. The smallest absolute Gasteiger partial charge is 0.347 e. The first-order valence-electron chi connectivity index (χ1n) is 15.5. The highest BCUT2D eigenvalue weighted by Crippen LogP contribution is 2.38. The van der Waals surface area contributed by atoms with Crippen LogP contribution in [0.3, 0.4) is 0 Å². The van der Waals surface area contributed by atoms with Crippen LogP contribution in [0.25, 0.3) is 0 Å². The molecule has 3 rings (SSSR count). The van der Waals surface area contributed by atoms with Crippen molar-refractivity contribution in [2.24, 2.45) is 5.92 Å². The van der Waals surface area contributed by atoms with Gasteiger partial charge in [0, 0.05) is 6.07 Å². The average Bonchev–Trinajstić information content (AvgIpc) is 2.96. The second-order valence-corrected chi connectivity index (χ2v) is 11.0. The monoisotopic (exact) mass is 534 g/mol. The summed E-state index contributed by atoms with van der Waals surface area (Å²) in [7, 11) is 0. The molecule has 0 atom stereocenters. The van der Waals surface area contributed by atoms with Crippen LogP contribution in [0.2, 0.25) is 0 Å². The zero-order valence-corrected chi connectivity index (χ0v) is 24.4. The van der Waals surface area contributed by atoms with Crippen LogP contribution in [0.15, 0.2) is 55.1 Å². The topological polar surface area (TPSA) is 44.8 Å². The minimum atomic E-state index is -0.433. The summed E-state index contributed by atoms with van der Waals surface area (Å²) >= 11 is 0. The summed E-state index contributed by atoms with van der Waals surface area (Å²) < 4.78 is 17.5. The largest absolute Gasteiger partial charge is 0.493 e. The van der Waals surface area contributed by atoms with Crippen molar-refractivity contribution >= 4 is 5.97 Å². The normalized spacial score (nSPS) is 17.0. The highest BCUT2D eigenvalue weighted by atomic mass is 16.5. The Morgan fingerprint density at radius 3 is 2.21 bits per heavy atom. The van der Waals surface area contributed by atoms with Gasteiger partial charge in [0.1, 0.15) is 29.4 Å². The summed E-state index contributed by atoms with van der Waals surface area (Å²) in [5.74, 6) is 2.78. The third-order valence-electron chi connectivity index (χ3n) is 7.92. The van der Waals surface area contributed by atoms with E-state index >= 15 is 0 Å². The quantitative estimate of drug-likeness (QED) is 0.0826. The van der Waals surface area contributed by atoms with E-state index in [0.29, 0.717) is 41.9 Å². The maximum Gasteiger partial charge on any atom is 0.347 e. The van der Waals surface area contributed by atoms with Crippen LogP contribution in [0.1, 0.15) is 126 Å². The molecular weight excluding hydrogens is 484 g/mol. The molecule has 0 aliphatic heterocycles. The molecule has 1 saturated carbocycles. The van der Waals surface area contributed by atoms with Gasteiger partial charge in [-0.2, -0.15) is 0 Å². The van der Waals surface area contributed by atoms with Crippen molar-refractivity contribution in [1.29, 1.82) is 0 Å². The first-order chi connectivity index (χ1) is 19.1. The zero-order valence-electron chi connectivity index (χ0n) is 24.4. The molecule has 4 heteroatoms. The lowest BCUT2D eigenvalue weighted by molar-refractivity contribution is 0.0730. The van der Waals surface area contributed by atoms with Gasteiger partial charge in [0.15, 0.2) is 0 Å². The van der Waals surface area contributed by atoms with Gasteiger partial charge in [-0.05, 0) is 73.8 Å². The van der Waals surface area contributed by atoms with Crippen LogP contribution >= 0.6 is 0 Å². The molecular formula is C35H50O4. The number of hydrogen-bond donors (Lipinski definition) is 0. The molecule has 0 heterocycles. The molecule has 0 unspecified atom stereocenters. The molecule has 0 saturated heterocycles. The van der Waals surface area contributed by atoms with Crippen molar-refractivity contribution in [3.63, 3.8) is 0 Å². The van der Waals surface area contributed by atoms with E-state index in [1.54, 1.807) is 18.2 Å². The molecule has 1 aliphatic rings. The summed E-state index contributed by atoms with van der Waals surface area (Å²) in [6, 6.07) is 13.4. The summed E-state index contributed by atoms with van der Waals surface area (Å²) in [5, 5.41) is 0. The lowest BCUT2D eigenvalue weighted by Crippen LogP contribution is -2.14. The number of carbonyl (C=O) groups is 1. The number of unbranched alkanes of at least 4 members (excludes halogenated alkanes) is 7. The Kier molecular flexibility index (Phi) is 14.0. The second-order valence-electron chi connectivity index (χ2n) is 11.0. The molecule has 0 spiro atoms. The lowest BCUT2D eigenvalue weighted by Gasteiger charge is -2.29. The summed E-state index contributed by atoms with van der Waals surface area (Å²) in [6.07, 6.45) is 19.5. The Labute approximate surface area is 237 Å². The molecule has 1 fully saturated rings. The Morgan fingerprint density at radius 1 is 0.821 bits per heavy atom. The zero-order chi connectivity index (χ0) is 27.7. The first kappa shape index (κ1) is 30.8. The highest BCUT2D eigenvalue weighted by molar-refractivity contribution is 5.94. The van der Waals surface area contributed by atoms with Gasteiger partial charge >= 0.3 is 5.97 Å². The third kappa shape index (κ3) is 10.7. The predicted octanol–water partition coefficient (Wildman–Crippen LogP) is 10.1. The summed E-state index contributed by atoms with van der Waals surface area (Å²) in [5.41, 5.74) is 1.73. The van der Waals surface area contributed by atoms with E-state index in [9.17, 15) is 4.79 Å². The number of esters is 1. The van der Waals surface area contributed by atoms with Gasteiger partial charge in [0.2, 0.25) is 0 Å². The van der Waals surface area contributed by atoms with E-state index in [-0.39, 0.29) is 0 Å². The van der Waals surface area contributed by atoms with Gasteiger partial charge in [-0.25, -0.2) is 4.79 Å². The van der Waals surface area contributed by atoms with E-state index < -0.39 is 5.97 Å². The van der Waals surface area contributed by atoms with E-state index in [4.69, 9.17) is 14.2 Å². The van der Waals surface area contributed by atoms with Crippen LogP contribution in [0.5, 0.6) is 17.2 Å². The van der Waals surface area contributed by atoms with Crippen molar-refractivity contribution < 1.29 is 19.0 Å². The Morgan fingerprint density at radius 2 is 1.49 bits per heavy atom.